The Morgan fingerprint density at radius 3 is 3.17 bits per heavy atom. The van der Waals surface area contributed by atoms with Gasteiger partial charge in [0.05, 0.1) is 0 Å². The molecule has 2 aliphatic rings. The Hall–Kier alpha value is -1.69. The molecule has 5 nitrogen and oxygen atoms in total. The van der Waals surface area contributed by atoms with Crippen molar-refractivity contribution < 1.29 is 14.3 Å². The number of aryl methyl sites for hydroxylation is 2. The lowest BCUT2D eigenvalue weighted by Crippen LogP contribution is -2.30. The van der Waals surface area contributed by atoms with Gasteiger partial charge in [-0.1, -0.05) is 6.07 Å². The van der Waals surface area contributed by atoms with Gasteiger partial charge in [-0.2, -0.15) is 0 Å². The van der Waals surface area contributed by atoms with Crippen LogP contribution in [0.25, 0.3) is 0 Å². The molecule has 2 aliphatic heterocycles. The highest BCUT2D eigenvalue weighted by Crippen LogP contribution is 2.31. The molecule has 0 unspecified atom stereocenters. The highest BCUT2D eigenvalue weighted by Gasteiger charge is 2.37. The number of hydrogen-bond acceptors (Lipinski definition) is 4. The van der Waals surface area contributed by atoms with Crippen molar-refractivity contribution in [1.29, 1.82) is 0 Å². The average Bonchev–Trinajstić information content (AvgIpc) is 2.94. The number of nitrogens with zero attached hydrogens (tertiary/aromatic N) is 2. The molecular formula is C18H26FN3O2. The molecule has 24 heavy (non-hydrogen) atoms. The first-order valence-electron chi connectivity index (χ1n) is 8.90. The summed E-state index contributed by atoms with van der Waals surface area (Å²) in [5, 5.41) is 12.0. The van der Waals surface area contributed by atoms with E-state index in [0.29, 0.717) is 38.8 Å². The fourth-order valence-electron chi connectivity index (χ4n) is 3.63. The maximum atomic E-state index is 15.0. The Labute approximate surface area is 142 Å². The molecule has 2 N–H and O–H groups in total. The summed E-state index contributed by atoms with van der Waals surface area (Å²) in [6, 6.07) is 4.14. The minimum absolute atomic E-state index is 0.155. The van der Waals surface area contributed by atoms with E-state index in [2.05, 4.69) is 16.4 Å². The van der Waals surface area contributed by atoms with Crippen molar-refractivity contribution in [3.63, 3.8) is 0 Å². The molecule has 1 atom stereocenters. The van der Waals surface area contributed by atoms with Crippen molar-refractivity contribution in [1.82, 2.24) is 9.88 Å². The zero-order valence-corrected chi connectivity index (χ0v) is 14.1. The third kappa shape index (κ3) is 4.44. The summed E-state index contributed by atoms with van der Waals surface area (Å²) in [6.45, 7) is 2.76. The van der Waals surface area contributed by atoms with Gasteiger partial charge in [0.2, 0.25) is 0 Å². The molecule has 0 amide bonds. The fraction of sp³-hybridized carbons (Fsp3) is 0.667. The van der Waals surface area contributed by atoms with Crippen LogP contribution in [0.5, 0.6) is 0 Å². The van der Waals surface area contributed by atoms with Gasteiger partial charge in [-0.3, -0.25) is 4.79 Å². The zero-order chi connectivity index (χ0) is 17.0. The van der Waals surface area contributed by atoms with E-state index in [0.717, 1.165) is 37.4 Å². The van der Waals surface area contributed by atoms with Crippen LogP contribution in [0.4, 0.5) is 10.2 Å². The van der Waals surface area contributed by atoms with Gasteiger partial charge in [-0.25, -0.2) is 9.37 Å². The monoisotopic (exact) mass is 335 g/mol. The summed E-state index contributed by atoms with van der Waals surface area (Å²) in [5.41, 5.74) is 1.03. The number of carboxylic acid groups (broad SMARTS) is 1. The predicted molar refractivity (Wildman–Crippen MR) is 91.1 cm³/mol. The van der Waals surface area contributed by atoms with Gasteiger partial charge < -0.3 is 15.3 Å². The number of carbonyl (C=O) groups is 1. The first-order chi connectivity index (χ1) is 11.5. The van der Waals surface area contributed by atoms with Gasteiger partial charge in [0.1, 0.15) is 11.5 Å². The molecule has 3 rings (SSSR count). The molecule has 3 heterocycles. The van der Waals surface area contributed by atoms with E-state index in [-0.39, 0.29) is 6.42 Å². The topological polar surface area (TPSA) is 65.5 Å². The van der Waals surface area contributed by atoms with Crippen LogP contribution in [0.1, 0.15) is 43.4 Å². The third-order valence-electron chi connectivity index (χ3n) is 5.03. The zero-order valence-electron chi connectivity index (χ0n) is 14.1. The Bertz CT molecular complexity index is 596. The van der Waals surface area contributed by atoms with Crippen molar-refractivity contribution in [2.24, 2.45) is 0 Å². The van der Waals surface area contributed by atoms with Crippen LogP contribution in [-0.4, -0.2) is 52.8 Å². The Balaban J connectivity index is 1.48. The Morgan fingerprint density at radius 1 is 1.46 bits per heavy atom. The number of aliphatic carboxylic acids is 1. The van der Waals surface area contributed by atoms with E-state index >= 15 is 0 Å². The maximum Gasteiger partial charge on any atom is 0.303 e. The number of likely N-dealkylation sites (tertiary alicyclic amines) is 1. The number of rotatable bonds is 7. The highest BCUT2D eigenvalue weighted by molar-refractivity contribution is 5.66. The van der Waals surface area contributed by atoms with E-state index in [1.165, 1.54) is 5.56 Å². The van der Waals surface area contributed by atoms with Gasteiger partial charge in [0, 0.05) is 31.7 Å². The van der Waals surface area contributed by atoms with Gasteiger partial charge >= 0.3 is 5.97 Å². The fourth-order valence-corrected chi connectivity index (χ4v) is 3.63. The van der Waals surface area contributed by atoms with E-state index < -0.39 is 11.6 Å². The quantitative estimate of drug-likeness (QED) is 0.802. The second-order valence-corrected chi connectivity index (χ2v) is 7.01. The Kier molecular flexibility index (Phi) is 5.33. The lowest BCUT2D eigenvalue weighted by molar-refractivity contribution is -0.137. The summed E-state index contributed by atoms with van der Waals surface area (Å²) in [6.07, 6.45) is 4.60. The first kappa shape index (κ1) is 17.1. The van der Waals surface area contributed by atoms with Crippen molar-refractivity contribution in [3.05, 3.63) is 23.4 Å². The summed E-state index contributed by atoms with van der Waals surface area (Å²) >= 11 is 0. The van der Waals surface area contributed by atoms with Crippen LogP contribution < -0.4 is 5.32 Å². The molecule has 0 bridgehead atoms. The second kappa shape index (κ2) is 7.47. The van der Waals surface area contributed by atoms with Crippen molar-refractivity contribution in [3.8, 4) is 0 Å². The molecule has 0 aromatic carbocycles. The lowest BCUT2D eigenvalue weighted by Gasteiger charge is -2.21. The first-order valence-corrected chi connectivity index (χ1v) is 8.90. The number of halogens is 1. The Morgan fingerprint density at radius 2 is 2.33 bits per heavy atom. The molecule has 1 fully saturated rings. The molecule has 0 radical (unpaired) electrons. The van der Waals surface area contributed by atoms with Crippen molar-refractivity contribution in [2.45, 2.75) is 50.6 Å². The van der Waals surface area contributed by atoms with Crippen LogP contribution in [0.15, 0.2) is 12.1 Å². The number of hydrogen-bond donors (Lipinski definition) is 2. The van der Waals surface area contributed by atoms with Crippen LogP contribution in [0.2, 0.25) is 0 Å². The van der Waals surface area contributed by atoms with Gasteiger partial charge in [-0.05, 0) is 56.7 Å². The van der Waals surface area contributed by atoms with E-state index in [4.69, 9.17) is 5.11 Å². The van der Waals surface area contributed by atoms with Crippen LogP contribution in [0, 0.1) is 0 Å². The normalized spacial score (nSPS) is 23.7. The SMILES string of the molecule is O=C(O)CCCN1CC[C@](F)(CCc2ccc3c(n2)NCCC3)C1. The molecule has 132 valence electrons. The molecule has 6 heteroatoms. The largest absolute Gasteiger partial charge is 0.481 e. The number of nitrogens with one attached hydrogen (secondary N) is 1. The van der Waals surface area contributed by atoms with Crippen molar-refractivity contribution in [2.75, 3.05) is 31.5 Å². The van der Waals surface area contributed by atoms with Gasteiger partial charge in [0.15, 0.2) is 0 Å². The number of fused-ring (bicyclic) bond motifs is 1. The standard InChI is InChI=1S/C18H26FN3O2/c19-18(9-12-22(13-18)11-2-4-16(23)24)8-7-15-6-5-14-3-1-10-20-17(14)21-15/h5-6H,1-4,7-13H2,(H,20,21)(H,23,24)/t18-/m1/s1. The van der Waals surface area contributed by atoms with Crippen molar-refractivity contribution >= 4 is 11.8 Å². The van der Waals surface area contributed by atoms with Crippen LogP contribution in [0.3, 0.4) is 0 Å². The predicted octanol–water partition coefficient (Wildman–Crippen LogP) is 2.65. The number of alkyl halides is 1. The summed E-state index contributed by atoms with van der Waals surface area (Å²) in [5.74, 6) is 0.182. The van der Waals surface area contributed by atoms with E-state index in [9.17, 15) is 9.18 Å². The number of aromatic nitrogens is 1. The summed E-state index contributed by atoms with van der Waals surface area (Å²) in [7, 11) is 0. The molecule has 1 aromatic heterocycles. The minimum atomic E-state index is -1.17. The highest BCUT2D eigenvalue weighted by atomic mass is 19.1. The van der Waals surface area contributed by atoms with E-state index in [1.807, 2.05) is 11.0 Å². The molecule has 0 saturated carbocycles. The van der Waals surface area contributed by atoms with Crippen LogP contribution >= 0.6 is 0 Å². The molecular weight excluding hydrogens is 309 g/mol. The van der Waals surface area contributed by atoms with Gasteiger partial charge in [0.25, 0.3) is 0 Å². The number of anilines is 1. The molecule has 1 saturated heterocycles. The van der Waals surface area contributed by atoms with Crippen LogP contribution in [-0.2, 0) is 17.6 Å². The van der Waals surface area contributed by atoms with Gasteiger partial charge in [-0.15, -0.1) is 0 Å². The van der Waals surface area contributed by atoms with E-state index in [1.54, 1.807) is 0 Å². The maximum absolute atomic E-state index is 15.0. The lowest BCUT2D eigenvalue weighted by atomic mass is 9.97. The molecule has 0 aliphatic carbocycles. The molecule has 1 aromatic rings. The average molecular weight is 335 g/mol. The summed E-state index contributed by atoms with van der Waals surface area (Å²) in [4.78, 5) is 17.2. The smallest absolute Gasteiger partial charge is 0.303 e. The number of carboxylic acids is 1. The molecule has 0 spiro atoms. The second-order valence-electron chi connectivity index (χ2n) is 7.01. The summed E-state index contributed by atoms with van der Waals surface area (Å²) < 4.78 is 15.0. The third-order valence-corrected chi connectivity index (χ3v) is 5.03. The minimum Gasteiger partial charge on any atom is -0.481 e. The number of pyridine rings is 1.